The number of halogens is 3. The van der Waals surface area contributed by atoms with E-state index in [2.05, 4.69) is 9.97 Å². The molecule has 0 radical (unpaired) electrons. The van der Waals surface area contributed by atoms with Crippen molar-refractivity contribution in [1.82, 2.24) is 14.5 Å². The summed E-state index contributed by atoms with van der Waals surface area (Å²) in [5.74, 6) is 0. The normalized spacial score (nSPS) is 8.31. The van der Waals surface area contributed by atoms with Gasteiger partial charge in [-0.05, 0) is 12.1 Å². The minimum atomic E-state index is 0. The Morgan fingerprint density at radius 3 is 2.38 bits per heavy atom. The Kier molecular flexibility index (Phi) is 9.18. The fourth-order valence-corrected chi connectivity index (χ4v) is 1.10. The van der Waals surface area contributed by atoms with Gasteiger partial charge in [0.15, 0.2) is 0 Å². The largest absolute Gasteiger partial charge is 0.325 e. The van der Waals surface area contributed by atoms with Crippen LogP contribution in [0.4, 0.5) is 0 Å². The number of nitrogens with zero attached hydrogens (tertiary/aromatic N) is 3. The first-order valence-electron chi connectivity index (χ1n) is 4.03. The van der Waals surface area contributed by atoms with Crippen LogP contribution in [0.25, 0.3) is 5.69 Å². The number of hydrogen-bond donors (Lipinski definition) is 1. The zero-order valence-corrected chi connectivity index (χ0v) is 10.8. The Bertz CT molecular complexity index is 374. The maximum Gasteiger partial charge on any atom is 0.0992 e. The van der Waals surface area contributed by atoms with Gasteiger partial charge in [0.2, 0.25) is 0 Å². The predicted molar refractivity (Wildman–Crippen MR) is 71.0 cm³/mol. The minimum Gasteiger partial charge on any atom is -0.325 e. The summed E-state index contributed by atoms with van der Waals surface area (Å²) in [6.45, 7) is 0.476. The second-order valence-corrected chi connectivity index (χ2v) is 2.68. The number of imidazole rings is 1. The van der Waals surface area contributed by atoms with E-state index in [0.717, 1.165) is 11.4 Å². The Balaban J connectivity index is 0. The van der Waals surface area contributed by atoms with Crippen LogP contribution in [0, 0.1) is 0 Å². The van der Waals surface area contributed by atoms with Crippen LogP contribution in [0.2, 0.25) is 0 Å². The topological polar surface area (TPSA) is 56.7 Å². The van der Waals surface area contributed by atoms with Crippen LogP contribution in [0.3, 0.4) is 0 Å². The van der Waals surface area contributed by atoms with Gasteiger partial charge < -0.3 is 10.3 Å². The molecule has 4 nitrogen and oxygen atoms in total. The van der Waals surface area contributed by atoms with Crippen LogP contribution in [0.15, 0.2) is 37.1 Å². The van der Waals surface area contributed by atoms with Crippen molar-refractivity contribution < 1.29 is 0 Å². The van der Waals surface area contributed by atoms with Gasteiger partial charge in [-0.3, -0.25) is 4.98 Å². The van der Waals surface area contributed by atoms with Crippen molar-refractivity contribution in [1.29, 1.82) is 0 Å². The first-order chi connectivity index (χ1) is 6.40. The third-order valence-corrected chi connectivity index (χ3v) is 1.82. The molecular weight excluding hydrogens is 270 g/mol. The van der Waals surface area contributed by atoms with Crippen molar-refractivity contribution in [3.63, 3.8) is 0 Å². The lowest BCUT2D eigenvalue weighted by Gasteiger charge is -2.01. The predicted octanol–water partition coefficient (Wildman–Crippen LogP) is 1.99. The first kappa shape index (κ1) is 17.6. The number of nitrogens with two attached hydrogens (primary N) is 1. The van der Waals surface area contributed by atoms with E-state index in [-0.39, 0.29) is 37.2 Å². The quantitative estimate of drug-likeness (QED) is 0.917. The van der Waals surface area contributed by atoms with Crippen LogP contribution in [0.5, 0.6) is 0 Å². The van der Waals surface area contributed by atoms with Crippen molar-refractivity contribution in [3.05, 3.63) is 42.7 Å². The number of pyridine rings is 1. The molecule has 2 aromatic rings. The highest BCUT2D eigenvalue weighted by Crippen LogP contribution is 2.05. The number of hydrogen-bond acceptors (Lipinski definition) is 3. The molecule has 0 spiro atoms. The zero-order valence-electron chi connectivity index (χ0n) is 8.31. The molecular formula is C9H13Cl3N4. The Morgan fingerprint density at radius 2 is 1.94 bits per heavy atom. The van der Waals surface area contributed by atoms with Crippen LogP contribution >= 0.6 is 37.2 Å². The van der Waals surface area contributed by atoms with Crippen LogP contribution in [-0.2, 0) is 6.54 Å². The molecule has 0 aliphatic carbocycles. The molecule has 0 bridgehead atoms. The minimum absolute atomic E-state index is 0. The summed E-state index contributed by atoms with van der Waals surface area (Å²) < 4.78 is 1.90. The number of aromatic nitrogens is 3. The second kappa shape index (κ2) is 8.35. The molecule has 16 heavy (non-hydrogen) atoms. The molecule has 0 saturated heterocycles. The third-order valence-electron chi connectivity index (χ3n) is 1.82. The van der Waals surface area contributed by atoms with E-state index in [9.17, 15) is 0 Å². The molecule has 0 saturated carbocycles. The van der Waals surface area contributed by atoms with E-state index in [0.29, 0.717) is 6.54 Å². The van der Waals surface area contributed by atoms with Gasteiger partial charge in [-0.15, -0.1) is 37.2 Å². The fraction of sp³-hybridized carbons (Fsp3) is 0.111. The lowest BCUT2D eigenvalue weighted by Crippen LogP contribution is -2.00. The lowest BCUT2D eigenvalue weighted by atomic mass is 10.3. The monoisotopic (exact) mass is 282 g/mol. The average molecular weight is 284 g/mol. The van der Waals surface area contributed by atoms with Gasteiger partial charge in [0.1, 0.15) is 0 Å². The van der Waals surface area contributed by atoms with E-state index < -0.39 is 0 Å². The first-order valence-corrected chi connectivity index (χ1v) is 4.03. The van der Waals surface area contributed by atoms with Gasteiger partial charge in [-0.25, -0.2) is 4.98 Å². The van der Waals surface area contributed by atoms with Crippen molar-refractivity contribution in [3.8, 4) is 5.69 Å². The number of rotatable bonds is 2. The summed E-state index contributed by atoms with van der Waals surface area (Å²) in [4.78, 5) is 8.13. The average Bonchev–Trinajstić information content (AvgIpc) is 2.71. The molecule has 2 heterocycles. The molecule has 0 aliphatic rings. The summed E-state index contributed by atoms with van der Waals surface area (Å²) in [6, 6.07) is 3.88. The molecule has 0 unspecified atom stereocenters. The molecule has 2 N–H and O–H groups in total. The van der Waals surface area contributed by atoms with Crippen molar-refractivity contribution in [2.24, 2.45) is 5.73 Å². The highest BCUT2D eigenvalue weighted by atomic mass is 35.5. The Morgan fingerprint density at radius 1 is 1.19 bits per heavy atom. The summed E-state index contributed by atoms with van der Waals surface area (Å²) in [5.41, 5.74) is 7.32. The standard InChI is InChI=1S/C9H10N4.3ClH/c10-5-8-1-2-9(6-12-8)13-4-3-11-7-13;;;/h1-4,6-7H,5,10H2;3*1H. The molecule has 0 atom stereocenters. The summed E-state index contributed by atoms with van der Waals surface area (Å²) in [7, 11) is 0. The SMILES string of the molecule is Cl.Cl.Cl.NCc1ccc(-n2ccnc2)cn1. The molecule has 0 aromatic carbocycles. The maximum absolute atomic E-state index is 5.44. The van der Waals surface area contributed by atoms with Crippen LogP contribution in [0.1, 0.15) is 5.69 Å². The summed E-state index contributed by atoms with van der Waals surface area (Å²) in [5, 5.41) is 0. The smallest absolute Gasteiger partial charge is 0.0992 e. The van der Waals surface area contributed by atoms with Crippen molar-refractivity contribution in [2.45, 2.75) is 6.54 Å². The van der Waals surface area contributed by atoms with Crippen LogP contribution in [-0.4, -0.2) is 14.5 Å². The third kappa shape index (κ3) is 3.98. The van der Waals surface area contributed by atoms with Gasteiger partial charge in [0.05, 0.1) is 23.9 Å². The second-order valence-electron chi connectivity index (χ2n) is 2.68. The van der Waals surface area contributed by atoms with Gasteiger partial charge in [0, 0.05) is 18.9 Å². The van der Waals surface area contributed by atoms with Gasteiger partial charge in [0.25, 0.3) is 0 Å². The van der Waals surface area contributed by atoms with E-state index >= 15 is 0 Å². The lowest BCUT2D eigenvalue weighted by molar-refractivity contribution is 0.965. The van der Waals surface area contributed by atoms with Crippen LogP contribution < -0.4 is 5.73 Å². The Labute approximate surface area is 113 Å². The summed E-state index contributed by atoms with van der Waals surface area (Å²) >= 11 is 0. The fourth-order valence-electron chi connectivity index (χ4n) is 1.10. The molecule has 0 amide bonds. The highest BCUT2D eigenvalue weighted by molar-refractivity contribution is 5.86. The zero-order chi connectivity index (χ0) is 9.10. The highest BCUT2D eigenvalue weighted by Gasteiger charge is 1.95. The molecule has 7 heteroatoms. The molecule has 2 aromatic heterocycles. The van der Waals surface area contributed by atoms with Crippen molar-refractivity contribution in [2.75, 3.05) is 0 Å². The molecule has 90 valence electrons. The van der Waals surface area contributed by atoms with Crippen molar-refractivity contribution >= 4 is 37.2 Å². The Hall–Kier alpha value is -0.810. The van der Waals surface area contributed by atoms with E-state index in [4.69, 9.17) is 5.73 Å². The maximum atomic E-state index is 5.44. The van der Waals surface area contributed by atoms with E-state index in [1.807, 2.05) is 22.9 Å². The van der Waals surface area contributed by atoms with E-state index in [1.165, 1.54) is 0 Å². The van der Waals surface area contributed by atoms with Gasteiger partial charge in [-0.2, -0.15) is 0 Å². The molecule has 2 rings (SSSR count). The van der Waals surface area contributed by atoms with Gasteiger partial charge in [-0.1, -0.05) is 0 Å². The van der Waals surface area contributed by atoms with Gasteiger partial charge >= 0.3 is 0 Å². The summed E-state index contributed by atoms with van der Waals surface area (Å²) in [6.07, 6.45) is 7.12. The van der Waals surface area contributed by atoms with E-state index in [1.54, 1.807) is 18.7 Å². The molecule has 0 aliphatic heterocycles. The molecule has 0 fully saturated rings.